The van der Waals surface area contributed by atoms with Gasteiger partial charge < -0.3 is 20.1 Å². The Bertz CT molecular complexity index is 1690. The van der Waals surface area contributed by atoms with Crippen molar-refractivity contribution in [3.05, 3.63) is 119 Å². The zero-order valence-corrected chi connectivity index (χ0v) is 27.9. The van der Waals surface area contributed by atoms with Gasteiger partial charge in [-0.25, -0.2) is 0 Å². The highest BCUT2D eigenvalue weighted by atomic mass is 32.2. The third-order valence-corrected chi connectivity index (χ3v) is 9.92. The van der Waals surface area contributed by atoms with Crippen molar-refractivity contribution in [1.29, 1.82) is 0 Å². The van der Waals surface area contributed by atoms with Gasteiger partial charge in [0.25, 0.3) is 5.91 Å². The summed E-state index contributed by atoms with van der Waals surface area (Å²) < 4.78 is 6.82. The maximum atomic E-state index is 14.0. The molecule has 1 unspecified atom stereocenters. The summed E-state index contributed by atoms with van der Waals surface area (Å²) in [5.41, 5.74) is 3.80. The monoisotopic (exact) mass is 650 g/mol. The molecule has 4 aromatic carbocycles. The summed E-state index contributed by atoms with van der Waals surface area (Å²) in [4.78, 5) is 33.9. The number of aliphatic hydroxyl groups is 1. The fraction of sp³-hybridized carbons (Fsp3) is 0.316. The highest BCUT2D eigenvalue weighted by Crippen LogP contribution is 2.39. The first kappa shape index (κ1) is 32.8. The summed E-state index contributed by atoms with van der Waals surface area (Å²) in [6, 6.07) is 31.3. The smallest absolute Gasteiger partial charge is 0.258 e. The second kappa shape index (κ2) is 14.7. The van der Waals surface area contributed by atoms with Crippen LogP contribution in [-0.2, 0) is 17.9 Å². The number of nitrogens with one attached hydrogen (secondary N) is 2. The van der Waals surface area contributed by atoms with Crippen molar-refractivity contribution >= 4 is 29.3 Å². The van der Waals surface area contributed by atoms with Gasteiger partial charge in [0.2, 0.25) is 5.91 Å². The van der Waals surface area contributed by atoms with Crippen LogP contribution in [0.2, 0.25) is 0 Å². The number of anilines is 1. The minimum Gasteiger partial charge on any atom is -0.486 e. The second-order valence-corrected chi connectivity index (χ2v) is 13.7. The number of hydrogen-bond donors (Lipinski definition) is 3. The highest BCUT2D eigenvalue weighted by Gasteiger charge is 2.36. The first-order valence-corrected chi connectivity index (χ1v) is 17.0. The van der Waals surface area contributed by atoms with Gasteiger partial charge in [-0.15, -0.1) is 0 Å². The molecule has 0 saturated carbocycles. The second-order valence-electron chi connectivity index (χ2n) is 12.6. The summed E-state index contributed by atoms with van der Waals surface area (Å²) in [7, 11) is 2.07. The van der Waals surface area contributed by atoms with Gasteiger partial charge in [0, 0.05) is 41.9 Å². The molecule has 8 nitrogen and oxygen atoms in total. The van der Waals surface area contributed by atoms with Crippen LogP contribution in [0.1, 0.15) is 46.9 Å². The Kier molecular flexibility index (Phi) is 10.3. The lowest BCUT2D eigenvalue weighted by Crippen LogP contribution is -2.49. The number of carbonyl (C=O) groups is 2. The number of nitrogens with zero attached hydrogens (tertiary/aromatic N) is 2. The average Bonchev–Trinajstić information content (AvgIpc) is 3.25. The molecule has 0 aliphatic carbocycles. The van der Waals surface area contributed by atoms with Gasteiger partial charge in [-0.3, -0.25) is 19.8 Å². The Hall–Kier alpha value is -4.15. The molecule has 0 saturated heterocycles. The van der Waals surface area contributed by atoms with Crippen LogP contribution < -0.4 is 15.4 Å². The Balaban J connectivity index is 1.25. The molecule has 0 fully saturated rings. The first-order chi connectivity index (χ1) is 22.8. The van der Waals surface area contributed by atoms with Crippen LogP contribution in [0.5, 0.6) is 5.75 Å². The molecular weight excluding hydrogens is 609 g/mol. The topological polar surface area (TPSA) is 94.1 Å². The molecule has 0 bridgehead atoms. The zero-order chi connectivity index (χ0) is 32.9. The van der Waals surface area contributed by atoms with Crippen molar-refractivity contribution in [2.24, 2.45) is 5.92 Å². The molecule has 2 aliphatic heterocycles. The minimum atomic E-state index is -0.548. The largest absolute Gasteiger partial charge is 0.486 e. The van der Waals surface area contributed by atoms with E-state index < -0.39 is 6.04 Å². The van der Waals surface area contributed by atoms with E-state index in [2.05, 4.69) is 65.9 Å². The number of ether oxygens (including phenoxy) is 1. The number of amides is 2. The zero-order valence-electron chi connectivity index (χ0n) is 27.1. The minimum absolute atomic E-state index is 0.0549. The molecule has 4 atom stereocenters. The standard InChI is InChI=1S/C38H42N4O4S/c1-25-21-42(26(2)24-43)38(45)32-19-16-29-20-39-35(28-10-6-4-7-11-28)37(44)40-34(29)36(32)46-33(25)23-41(3)22-27-14-17-31(18-15-27)47-30-12-8-5-9-13-30/h4-19,25-26,33,35,39,43H,20-24H2,1-3H3,(H,40,44)/t25-,26+,33-,35?/m1/s1. The number of carbonyl (C=O) groups excluding carboxylic acids is 2. The van der Waals surface area contributed by atoms with Crippen molar-refractivity contribution in [3.8, 4) is 5.75 Å². The fourth-order valence-electron chi connectivity index (χ4n) is 6.21. The van der Waals surface area contributed by atoms with E-state index in [0.29, 0.717) is 36.6 Å². The van der Waals surface area contributed by atoms with Crippen LogP contribution in [0, 0.1) is 5.92 Å². The van der Waals surface area contributed by atoms with Gasteiger partial charge in [-0.2, -0.15) is 0 Å². The van der Waals surface area contributed by atoms with E-state index in [4.69, 9.17) is 4.74 Å². The van der Waals surface area contributed by atoms with E-state index in [1.54, 1.807) is 22.7 Å². The lowest BCUT2D eigenvalue weighted by Gasteiger charge is -2.38. The summed E-state index contributed by atoms with van der Waals surface area (Å²) in [5, 5.41) is 16.6. The number of benzene rings is 4. The molecule has 6 rings (SSSR count). The van der Waals surface area contributed by atoms with Crippen LogP contribution in [0.15, 0.2) is 107 Å². The maximum absolute atomic E-state index is 14.0. The molecule has 0 aromatic heterocycles. The van der Waals surface area contributed by atoms with Gasteiger partial charge in [0.15, 0.2) is 5.75 Å². The van der Waals surface area contributed by atoms with E-state index in [9.17, 15) is 14.7 Å². The number of hydrogen-bond acceptors (Lipinski definition) is 7. The maximum Gasteiger partial charge on any atom is 0.258 e. The lowest BCUT2D eigenvalue weighted by atomic mass is 9.97. The molecule has 3 N–H and O–H groups in total. The van der Waals surface area contributed by atoms with Gasteiger partial charge in [-0.1, -0.05) is 85.4 Å². The Morgan fingerprint density at radius 2 is 1.64 bits per heavy atom. The molecule has 2 amide bonds. The average molecular weight is 651 g/mol. The molecule has 0 spiro atoms. The number of aliphatic hydroxyl groups excluding tert-OH is 1. The third-order valence-electron chi connectivity index (χ3n) is 8.91. The Morgan fingerprint density at radius 1 is 0.957 bits per heavy atom. The van der Waals surface area contributed by atoms with Gasteiger partial charge in [-0.05, 0) is 61.0 Å². The molecule has 244 valence electrons. The quantitative estimate of drug-likeness (QED) is 0.206. The fourth-order valence-corrected chi connectivity index (χ4v) is 7.05. The first-order valence-electron chi connectivity index (χ1n) is 16.1. The lowest BCUT2D eigenvalue weighted by molar-refractivity contribution is -0.118. The van der Waals surface area contributed by atoms with Crippen LogP contribution in [-0.4, -0.2) is 65.6 Å². The van der Waals surface area contributed by atoms with E-state index in [1.807, 2.05) is 61.5 Å². The number of likely N-dealkylation sites (N-methyl/N-ethyl adjacent to an activating group) is 1. The number of fused-ring (bicyclic) bond motifs is 3. The van der Waals surface area contributed by atoms with E-state index in [-0.39, 0.29) is 36.5 Å². The van der Waals surface area contributed by atoms with Crippen LogP contribution in [0.3, 0.4) is 0 Å². The molecule has 0 radical (unpaired) electrons. The van der Waals surface area contributed by atoms with E-state index in [1.165, 1.54) is 15.4 Å². The predicted molar refractivity (Wildman–Crippen MR) is 186 cm³/mol. The number of rotatable bonds is 9. The van der Waals surface area contributed by atoms with Gasteiger partial charge >= 0.3 is 0 Å². The SMILES string of the molecule is C[C@@H]1CN([C@@H](C)CO)C(=O)c2ccc3c(c2O[C@@H]1CN(C)Cc1ccc(Sc2ccccc2)cc1)NC(=O)C(c1ccccc1)NC3. The Morgan fingerprint density at radius 3 is 2.34 bits per heavy atom. The van der Waals surface area contributed by atoms with Crippen molar-refractivity contribution < 1.29 is 19.4 Å². The normalized spacial score (nSPS) is 20.3. The predicted octanol–water partition coefficient (Wildman–Crippen LogP) is 5.97. The van der Waals surface area contributed by atoms with Crippen LogP contribution in [0.25, 0.3) is 0 Å². The van der Waals surface area contributed by atoms with Crippen molar-refractivity contribution in [2.75, 3.05) is 32.1 Å². The van der Waals surface area contributed by atoms with E-state index in [0.717, 1.165) is 17.7 Å². The highest BCUT2D eigenvalue weighted by molar-refractivity contribution is 7.99. The van der Waals surface area contributed by atoms with Crippen LogP contribution in [0.4, 0.5) is 5.69 Å². The van der Waals surface area contributed by atoms with Crippen molar-refractivity contribution in [1.82, 2.24) is 15.1 Å². The molecule has 9 heteroatoms. The molecular formula is C38H42N4O4S. The summed E-state index contributed by atoms with van der Waals surface area (Å²) in [6.45, 7) is 5.96. The van der Waals surface area contributed by atoms with E-state index >= 15 is 0 Å². The van der Waals surface area contributed by atoms with Crippen LogP contribution >= 0.6 is 11.8 Å². The molecule has 2 heterocycles. The Labute approximate surface area is 281 Å². The molecule has 2 aliphatic rings. The van der Waals surface area contributed by atoms with Gasteiger partial charge in [0.1, 0.15) is 12.1 Å². The summed E-state index contributed by atoms with van der Waals surface area (Å²) >= 11 is 1.74. The third kappa shape index (κ3) is 7.55. The molecule has 4 aromatic rings. The summed E-state index contributed by atoms with van der Waals surface area (Å²) in [6.07, 6.45) is -0.294. The van der Waals surface area contributed by atoms with Crippen molar-refractivity contribution in [2.45, 2.75) is 54.9 Å². The van der Waals surface area contributed by atoms with Crippen molar-refractivity contribution in [3.63, 3.8) is 0 Å². The molecule has 47 heavy (non-hydrogen) atoms. The summed E-state index contributed by atoms with van der Waals surface area (Å²) in [5.74, 6) is -0.0976. The van der Waals surface area contributed by atoms with Gasteiger partial charge in [0.05, 0.1) is 23.9 Å².